The molecule has 3 fully saturated rings. The van der Waals surface area contributed by atoms with Crippen molar-refractivity contribution in [1.82, 2.24) is 19.8 Å². The topological polar surface area (TPSA) is 81.8 Å². The van der Waals surface area contributed by atoms with E-state index in [4.69, 9.17) is 0 Å². The summed E-state index contributed by atoms with van der Waals surface area (Å²) in [4.78, 5) is 42.1. The van der Waals surface area contributed by atoms with Crippen LogP contribution in [0.2, 0.25) is 0 Å². The molecule has 1 unspecified atom stereocenters. The molecule has 2 aliphatic heterocycles. The minimum Gasteiger partial charge on any atom is -0.346 e. The van der Waals surface area contributed by atoms with Gasteiger partial charge in [-0.1, -0.05) is 60.6 Å². The van der Waals surface area contributed by atoms with Crippen molar-refractivity contribution in [3.8, 4) is 0 Å². The molecule has 0 spiro atoms. The first kappa shape index (κ1) is 37.0. The zero-order chi connectivity index (χ0) is 29.6. The Bertz CT molecular complexity index is 733. The fourth-order valence-electron chi connectivity index (χ4n) is 4.51. The Balaban J connectivity index is 0.00000225. The summed E-state index contributed by atoms with van der Waals surface area (Å²) in [6.45, 7) is 20.1. The molecule has 1 saturated carbocycles. The maximum Gasteiger partial charge on any atom is 0.243 e. The average Bonchev–Trinajstić information content (AvgIpc) is 3.69. The molecule has 1 aliphatic carbocycles. The summed E-state index contributed by atoms with van der Waals surface area (Å²) in [5.74, 6) is -0.150. The van der Waals surface area contributed by atoms with Crippen LogP contribution in [-0.4, -0.2) is 64.5 Å². The number of hydrogen-bond donors (Lipinski definition) is 2. The fourth-order valence-corrected chi connectivity index (χ4v) is 5.41. The number of nitrogens with zero attached hydrogens (tertiary/aromatic N) is 2. The number of amides is 3. The van der Waals surface area contributed by atoms with Gasteiger partial charge < -0.3 is 19.8 Å². The molecule has 3 aliphatic rings. The van der Waals surface area contributed by atoms with Gasteiger partial charge in [-0.05, 0) is 69.7 Å². The van der Waals surface area contributed by atoms with Crippen molar-refractivity contribution < 1.29 is 14.4 Å². The molecule has 3 amide bonds. The Morgan fingerprint density at radius 2 is 1.51 bits per heavy atom. The Morgan fingerprint density at radius 1 is 0.897 bits per heavy atom. The molecule has 2 heterocycles. The molecule has 39 heavy (non-hydrogen) atoms. The van der Waals surface area contributed by atoms with Crippen molar-refractivity contribution in [1.29, 1.82) is 0 Å². The van der Waals surface area contributed by atoms with Gasteiger partial charge >= 0.3 is 0 Å². The Kier molecular flexibility index (Phi) is 21.7. The second-order valence-corrected chi connectivity index (χ2v) is 10.4. The van der Waals surface area contributed by atoms with Gasteiger partial charge in [-0.15, -0.1) is 6.58 Å². The number of rotatable bonds is 12. The lowest BCUT2D eigenvalue weighted by molar-refractivity contribution is -0.141. The molecular formula is C31H58N4O3S. The zero-order valence-electron chi connectivity index (χ0n) is 26.0. The van der Waals surface area contributed by atoms with Crippen LogP contribution in [0.25, 0.3) is 0 Å². The van der Waals surface area contributed by atoms with E-state index in [-0.39, 0.29) is 36.6 Å². The zero-order valence-corrected chi connectivity index (χ0v) is 26.8. The van der Waals surface area contributed by atoms with Crippen LogP contribution in [0, 0.1) is 0 Å². The van der Waals surface area contributed by atoms with Gasteiger partial charge in [0.1, 0.15) is 6.04 Å². The summed E-state index contributed by atoms with van der Waals surface area (Å²) < 4.78 is 3.45. The highest BCUT2D eigenvalue weighted by atomic mass is 32.2. The second-order valence-electron chi connectivity index (χ2n) is 9.26. The average molecular weight is 567 g/mol. The third kappa shape index (κ3) is 13.8. The minimum atomic E-state index is -0.464. The van der Waals surface area contributed by atoms with Crippen molar-refractivity contribution in [2.45, 2.75) is 136 Å². The van der Waals surface area contributed by atoms with Crippen LogP contribution >= 0.6 is 11.9 Å². The molecule has 0 aromatic heterocycles. The maximum absolute atomic E-state index is 13.2. The van der Waals surface area contributed by atoms with Crippen LogP contribution in [0.4, 0.5) is 0 Å². The first-order valence-electron chi connectivity index (χ1n) is 15.6. The van der Waals surface area contributed by atoms with Crippen molar-refractivity contribution >= 4 is 29.7 Å². The molecule has 226 valence electrons. The third-order valence-corrected chi connectivity index (χ3v) is 7.68. The quantitative estimate of drug-likeness (QED) is 0.205. The van der Waals surface area contributed by atoms with Gasteiger partial charge in [0, 0.05) is 43.4 Å². The normalized spacial score (nSPS) is 19.2. The molecule has 7 nitrogen and oxygen atoms in total. The van der Waals surface area contributed by atoms with E-state index in [2.05, 4.69) is 29.6 Å². The van der Waals surface area contributed by atoms with E-state index < -0.39 is 6.04 Å². The van der Waals surface area contributed by atoms with Crippen LogP contribution in [-0.2, 0) is 14.4 Å². The van der Waals surface area contributed by atoms with Crippen molar-refractivity contribution in [3.05, 3.63) is 24.4 Å². The molecule has 2 saturated heterocycles. The number of hydrogen-bond acceptors (Lipinski definition) is 5. The van der Waals surface area contributed by atoms with Gasteiger partial charge in [0.2, 0.25) is 17.7 Å². The van der Waals surface area contributed by atoms with Crippen molar-refractivity contribution in [3.63, 3.8) is 0 Å². The first-order chi connectivity index (χ1) is 19.0. The second kappa shape index (κ2) is 22.8. The summed E-state index contributed by atoms with van der Waals surface area (Å²) in [5, 5.41) is 3.82. The summed E-state index contributed by atoms with van der Waals surface area (Å²) in [5.41, 5.74) is 1.01. The number of carbonyl (C=O) groups excluding carboxylic acids is 3. The van der Waals surface area contributed by atoms with E-state index in [0.29, 0.717) is 24.6 Å². The number of nitrogens with one attached hydrogen (secondary N) is 2. The van der Waals surface area contributed by atoms with E-state index in [9.17, 15) is 14.4 Å². The first-order valence-corrected chi connectivity index (χ1v) is 16.5. The lowest BCUT2D eigenvalue weighted by Gasteiger charge is -2.29. The highest BCUT2D eigenvalue weighted by Crippen LogP contribution is 2.33. The summed E-state index contributed by atoms with van der Waals surface area (Å²) in [7, 11) is 0. The summed E-state index contributed by atoms with van der Waals surface area (Å²) in [6.07, 6.45) is 13.0. The van der Waals surface area contributed by atoms with Gasteiger partial charge in [0.15, 0.2) is 0 Å². The summed E-state index contributed by atoms with van der Waals surface area (Å²) >= 11 is 1.73. The Labute approximate surface area is 244 Å². The Morgan fingerprint density at radius 3 is 2.08 bits per heavy atom. The molecule has 3 rings (SSSR count). The molecule has 0 radical (unpaired) electrons. The number of carbonyl (C=O) groups is 3. The van der Waals surface area contributed by atoms with Gasteiger partial charge in [-0.2, -0.15) is 0 Å². The van der Waals surface area contributed by atoms with Crippen LogP contribution in [0.1, 0.15) is 119 Å². The SMILES string of the molecule is C=CCC(NC(=O)[C@@H]1CCCN1C(=O)CCC(=O)N1CCCCC1)/C(=C\CC)NSC1CC1.CC.CC.CC. The maximum atomic E-state index is 13.2. The van der Waals surface area contributed by atoms with E-state index >= 15 is 0 Å². The molecule has 0 aromatic rings. The predicted octanol–water partition coefficient (Wildman–Crippen LogP) is 6.60. The van der Waals surface area contributed by atoms with E-state index in [1.54, 1.807) is 16.8 Å². The summed E-state index contributed by atoms with van der Waals surface area (Å²) in [6, 6.07) is -0.645. The van der Waals surface area contributed by atoms with Gasteiger partial charge in [0.05, 0.1) is 6.04 Å². The smallest absolute Gasteiger partial charge is 0.243 e. The van der Waals surface area contributed by atoms with Gasteiger partial charge in [0.25, 0.3) is 0 Å². The molecule has 2 N–H and O–H groups in total. The molecule has 0 bridgehead atoms. The predicted molar refractivity (Wildman–Crippen MR) is 167 cm³/mol. The highest BCUT2D eigenvalue weighted by Gasteiger charge is 2.35. The molecular weight excluding hydrogens is 508 g/mol. The monoisotopic (exact) mass is 566 g/mol. The standard InChI is InChI=1S/C25H40N4O3S.3C2H6/c1-3-9-20(21(10-4-2)27-33-19-12-13-19)26-25(32)22-11-8-18-29(22)24(31)15-14-23(30)28-16-6-5-7-17-28;3*1-2/h3,10,19-20,22,27H,1,4-9,11-18H2,2H3,(H,26,32);3*1-2H3/b21-10+;;;/t20?,22-;;;/m0.../s1. The lowest BCUT2D eigenvalue weighted by Crippen LogP contribution is -2.50. The van der Waals surface area contributed by atoms with Gasteiger partial charge in [-0.25, -0.2) is 0 Å². The number of allylic oxidation sites excluding steroid dienone is 1. The van der Waals surface area contributed by atoms with Crippen molar-refractivity contribution in [2.24, 2.45) is 0 Å². The Hall–Kier alpha value is -1.96. The lowest BCUT2D eigenvalue weighted by atomic mass is 10.1. The van der Waals surface area contributed by atoms with E-state index in [1.807, 2.05) is 52.5 Å². The van der Waals surface area contributed by atoms with E-state index in [1.165, 1.54) is 19.3 Å². The molecule has 0 aromatic carbocycles. The fraction of sp³-hybridized carbons (Fsp3) is 0.774. The van der Waals surface area contributed by atoms with Gasteiger partial charge in [-0.3, -0.25) is 14.4 Å². The van der Waals surface area contributed by atoms with Crippen LogP contribution in [0.15, 0.2) is 24.4 Å². The molecule has 8 heteroatoms. The molecule has 2 atom stereocenters. The number of likely N-dealkylation sites (tertiary alicyclic amines) is 2. The van der Waals surface area contributed by atoms with E-state index in [0.717, 1.165) is 44.5 Å². The highest BCUT2D eigenvalue weighted by molar-refractivity contribution is 7.98. The third-order valence-electron chi connectivity index (χ3n) is 6.52. The number of piperidine rings is 1. The minimum absolute atomic E-state index is 0.0582. The van der Waals surface area contributed by atoms with Crippen molar-refractivity contribution in [2.75, 3.05) is 19.6 Å². The van der Waals surface area contributed by atoms with Crippen LogP contribution in [0.3, 0.4) is 0 Å². The van der Waals surface area contributed by atoms with Crippen LogP contribution in [0.5, 0.6) is 0 Å². The largest absolute Gasteiger partial charge is 0.346 e. The van der Waals surface area contributed by atoms with Crippen LogP contribution < -0.4 is 10.0 Å².